The molecule has 0 fully saturated rings. The van der Waals surface area contributed by atoms with Crippen molar-refractivity contribution < 1.29 is 4.79 Å². The standard InChI is InChI=1S/C22H21N3O/c1-3-17-4-10-21(11-5-17)24-25-22-14-8-19(9-15-22)18-6-12-20(13-7-18)23-16(2)26/h4-15H,3H2,1-2H3,(H,23,26). The van der Waals surface area contributed by atoms with Crippen LogP contribution in [0.25, 0.3) is 11.1 Å². The number of benzene rings is 3. The Bertz CT molecular complexity index is 896. The second-order valence-corrected chi connectivity index (χ2v) is 6.03. The highest BCUT2D eigenvalue weighted by Crippen LogP contribution is 2.25. The largest absolute Gasteiger partial charge is 0.326 e. The topological polar surface area (TPSA) is 53.8 Å². The van der Waals surface area contributed by atoms with Crippen LogP contribution in [0.15, 0.2) is 83.0 Å². The number of nitrogens with zero attached hydrogens (tertiary/aromatic N) is 2. The first-order valence-electron chi connectivity index (χ1n) is 8.63. The summed E-state index contributed by atoms with van der Waals surface area (Å²) in [5, 5.41) is 11.3. The lowest BCUT2D eigenvalue weighted by atomic mass is 10.1. The van der Waals surface area contributed by atoms with E-state index in [1.54, 1.807) is 0 Å². The molecule has 0 radical (unpaired) electrons. The molecule has 0 aliphatic heterocycles. The van der Waals surface area contributed by atoms with Gasteiger partial charge in [0.25, 0.3) is 0 Å². The lowest BCUT2D eigenvalue weighted by molar-refractivity contribution is -0.114. The van der Waals surface area contributed by atoms with Crippen LogP contribution in [0.2, 0.25) is 0 Å². The molecule has 0 aromatic heterocycles. The van der Waals surface area contributed by atoms with Crippen LogP contribution >= 0.6 is 0 Å². The predicted molar refractivity (Wildman–Crippen MR) is 106 cm³/mol. The average molecular weight is 343 g/mol. The van der Waals surface area contributed by atoms with Gasteiger partial charge < -0.3 is 5.32 Å². The van der Waals surface area contributed by atoms with Gasteiger partial charge in [-0.2, -0.15) is 10.2 Å². The van der Waals surface area contributed by atoms with E-state index >= 15 is 0 Å². The number of rotatable bonds is 5. The number of amides is 1. The van der Waals surface area contributed by atoms with Crippen molar-refractivity contribution >= 4 is 23.0 Å². The molecule has 0 unspecified atom stereocenters. The van der Waals surface area contributed by atoms with Crippen molar-refractivity contribution in [3.05, 3.63) is 78.4 Å². The highest BCUT2D eigenvalue weighted by Gasteiger charge is 2.00. The number of azo groups is 1. The van der Waals surface area contributed by atoms with Gasteiger partial charge in [-0.3, -0.25) is 4.79 Å². The minimum absolute atomic E-state index is 0.0724. The Hall–Kier alpha value is -3.27. The number of aryl methyl sites for hydroxylation is 1. The highest BCUT2D eigenvalue weighted by atomic mass is 16.1. The van der Waals surface area contributed by atoms with Gasteiger partial charge in [0.1, 0.15) is 0 Å². The normalized spacial score (nSPS) is 10.8. The number of anilines is 1. The molecule has 0 atom stereocenters. The van der Waals surface area contributed by atoms with Crippen molar-refractivity contribution in [2.75, 3.05) is 5.32 Å². The second-order valence-electron chi connectivity index (χ2n) is 6.03. The van der Waals surface area contributed by atoms with Crippen molar-refractivity contribution in [2.45, 2.75) is 20.3 Å². The van der Waals surface area contributed by atoms with Crippen LogP contribution in [0.5, 0.6) is 0 Å². The molecule has 3 aromatic carbocycles. The molecule has 0 aliphatic carbocycles. The van der Waals surface area contributed by atoms with Crippen molar-refractivity contribution in [2.24, 2.45) is 10.2 Å². The third kappa shape index (κ3) is 4.63. The van der Waals surface area contributed by atoms with Gasteiger partial charge >= 0.3 is 0 Å². The highest BCUT2D eigenvalue weighted by molar-refractivity contribution is 5.89. The van der Waals surface area contributed by atoms with Crippen LogP contribution in [-0.4, -0.2) is 5.91 Å². The molecule has 0 bridgehead atoms. The third-order valence-electron chi connectivity index (χ3n) is 4.03. The number of hydrogen-bond donors (Lipinski definition) is 1. The van der Waals surface area contributed by atoms with Crippen molar-refractivity contribution in [1.29, 1.82) is 0 Å². The van der Waals surface area contributed by atoms with Gasteiger partial charge in [0, 0.05) is 12.6 Å². The molecule has 130 valence electrons. The van der Waals surface area contributed by atoms with Gasteiger partial charge in [-0.25, -0.2) is 0 Å². The van der Waals surface area contributed by atoms with E-state index in [9.17, 15) is 4.79 Å². The number of carbonyl (C=O) groups excluding carboxylic acids is 1. The number of nitrogens with one attached hydrogen (secondary N) is 1. The fraction of sp³-hybridized carbons (Fsp3) is 0.136. The molecule has 4 nitrogen and oxygen atoms in total. The van der Waals surface area contributed by atoms with E-state index in [4.69, 9.17) is 0 Å². The molecule has 0 saturated carbocycles. The summed E-state index contributed by atoms with van der Waals surface area (Å²) < 4.78 is 0. The zero-order valence-corrected chi connectivity index (χ0v) is 14.9. The van der Waals surface area contributed by atoms with Crippen LogP contribution in [0, 0.1) is 0 Å². The molecule has 3 aromatic rings. The Morgan fingerprint density at radius 1 is 0.769 bits per heavy atom. The molecular weight excluding hydrogens is 322 g/mol. The summed E-state index contributed by atoms with van der Waals surface area (Å²) in [7, 11) is 0. The minimum Gasteiger partial charge on any atom is -0.326 e. The van der Waals surface area contributed by atoms with E-state index in [1.165, 1.54) is 12.5 Å². The number of carbonyl (C=O) groups is 1. The Balaban J connectivity index is 1.69. The van der Waals surface area contributed by atoms with Crippen LogP contribution < -0.4 is 5.32 Å². The number of hydrogen-bond acceptors (Lipinski definition) is 3. The first kappa shape index (κ1) is 17.5. The lowest BCUT2D eigenvalue weighted by Crippen LogP contribution is -2.05. The molecule has 26 heavy (non-hydrogen) atoms. The first-order valence-corrected chi connectivity index (χ1v) is 8.63. The molecule has 3 rings (SSSR count). The Kier molecular flexibility index (Phi) is 5.54. The molecular formula is C22H21N3O. The summed E-state index contributed by atoms with van der Waals surface area (Å²) >= 11 is 0. The Labute approximate surface area is 153 Å². The fourth-order valence-corrected chi connectivity index (χ4v) is 2.58. The molecule has 0 heterocycles. The maximum atomic E-state index is 11.1. The summed E-state index contributed by atoms with van der Waals surface area (Å²) in [5.41, 5.74) is 5.91. The van der Waals surface area contributed by atoms with Crippen molar-refractivity contribution in [3.63, 3.8) is 0 Å². The monoisotopic (exact) mass is 343 g/mol. The minimum atomic E-state index is -0.0724. The second kappa shape index (κ2) is 8.21. The molecule has 0 saturated heterocycles. The molecule has 0 aliphatic rings. The van der Waals surface area contributed by atoms with Gasteiger partial charge in [-0.1, -0.05) is 43.3 Å². The van der Waals surface area contributed by atoms with Crippen molar-refractivity contribution in [3.8, 4) is 11.1 Å². The first-order chi connectivity index (χ1) is 12.6. The van der Waals surface area contributed by atoms with Crippen LogP contribution in [0.3, 0.4) is 0 Å². The van der Waals surface area contributed by atoms with E-state index < -0.39 is 0 Å². The smallest absolute Gasteiger partial charge is 0.221 e. The van der Waals surface area contributed by atoms with E-state index in [2.05, 4.69) is 34.6 Å². The van der Waals surface area contributed by atoms with Crippen LogP contribution in [0.4, 0.5) is 17.1 Å². The maximum Gasteiger partial charge on any atom is 0.221 e. The van der Waals surface area contributed by atoms with E-state index in [-0.39, 0.29) is 5.91 Å². The van der Waals surface area contributed by atoms with Gasteiger partial charge in [0.2, 0.25) is 5.91 Å². The zero-order valence-electron chi connectivity index (χ0n) is 14.9. The van der Waals surface area contributed by atoms with Gasteiger partial charge in [-0.15, -0.1) is 0 Å². The summed E-state index contributed by atoms with van der Waals surface area (Å²) in [4.78, 5) is 11.1. The quantitative estimate of drug-likeness (QED) is 0.544. The third-order valence-corrected chi connectivity index (χ3v) is 4.03. The fourth-order valence-electron chi connectivity index (χ4n) is 2.58. The summed E-state index contributed by atoms with van der Waals surface area (Å²) in [5.74, 6) is -0.0724. The van der Waals surface area contributed by atoms with E-state index in [0.717, 1.165) is 34.6 Å². The predicted octanol–water partition coefficient (Wildman–Crippen LogP) is 6.29. The SMILES string of the molecule is CCc1ccc(N=Nc2ccc(-c3ccc(NC(C)=O)cc3)cc2)cc1. The molecule has 4 heteroatoms. The van der Waals surface area contributed by atoms with Gasteiger partial charge in [0.05, 0.1) is 11.4 Å². The Morgan fingerprint density at radius 3 is 1.69 bits per heavy atom. The van der Waals surface area contributed by atoms with Crippen LogP contribution in [-0.2, 0) is 11.2 Å². The van der Waals surface area contributed by atoms with Crippen LogP contribution in [0.1, 0.15) is 19.4 Å². The molecule has 1 N–H and O–H groups in total. The van der Waals surface area contributed by atoms with Gasteiger partial charge in [0.15, 0.2) is 0 Å². The lowest BCUT2D eigenvalue weighted by Gasteiger charge is -2.05. The van der Waals surface area contributed by atoms with E-state index in [1.807, 2.05) is 60.7 Å². The molecule has 1 amide bonds. The molecule has 0 spiro atoms. The summed E-state index contributed by atoms with van der Waals surface area (Å²) in [6, 6.07) is 23.8. The van der Waals surface area contributed by atoms with Crippen molar-refractivity contribution in [1.82, 2.24) is 0 Å². The van der Waals surface area contributed by atoms with Gasteiger partial charge in [-0.05, 0) is 59.5 Å². The Morgan fingerprint density at radius 2 is 1.23 bits per heavy atom. The zero-order chi connectivity index (χ0) is 18.4. The maximum absolute atomic E-state index is 11.1. The summed E-state index contributed by atoms with van der Waals surface area (Å²) in [6.45, 7) is 3.63. The van der Waals surface area contributed by atoms with E-state index in [0.29, 0.717) is 0 Å². The average Bonchev–Trinajstić information content (AvgIpc) is 2.67. The summed E-state index contributed by atoms with van der Waals surface area (Å²) in [6.07, 6.45) is 1.02.